The molecule has 4 aromatic rings. The van der Waals surface area contributed by atoms with Gasteiger partial charge in [0.05, 0.1) is 40.1 Å². The Morgan fingerprint density at radius 1 is 1.00 bits per heavy atom. The van der Waals surface area contributed by atoms with Crippen molar-refractivity contribution in [1.82, 2.24) is 40.2 Å². The Labute approximate surface area is 291 Å². The summed E-state index contributed by atoms with van der Waals surface area (Å²) in [6.07, 6.45) is 4.06. The third kappa shape index (κ3) is 7.24. The Kier molecular flexibility index (Phi) is 9.46. The Morgan fingerprint density at radius 2 is 1.74 bits per heavy atom. The van der Waals surface area contributed by atoms with Gasteiger partial charge in [0.25, 0.3) is 5.91 Å². The van der Waals surface area contributed by atoms with Crippen molar-refractivity contribution in [2.24, 2.45) is 4.99 Å². The van der Waals surface area contributed by atoms with Crippen LogP contribution in [0.15, 0.2) is 70.8 Å². The van der Waals surface area contributed by atoms with E-state index in [1.54, 1.807) is 36.1 Å². The largest absolute Gasteiger partial charge is 0.382 e. The first-order valence-corrected chi connectivity index (χ1v) is 17.2. The van der Waals surface area contributed by atoms with Crippen molar-refractivity contribution in [3.05, 3.63) is 99.8 Å². The molecule has 2 aliphatic heterocycles. The molecule has 2 saturated heterocycles. The van der Waals surface area contributed by atoms with Crippen molar-refractivity contribution in [3.63, 3.8) is 0 Å². The molecule has 1 spiro atoms. The lowest BCUT2D eigenvalue weighted by atomic mass is 9.88. The number of guanidine groups is 1. The van der Waals surface area contributed by atoms with Gasteiger partial charge in [-0.05, 0) is 38.0 Å². The molecule has 0 bridgehead atoms. The molecule has 6 rings (SSSR count). The lowest BCUT2D eigenvalue weighted by molar-refractivity contribution is 0.0665. The number of rotatable bonds is 8. The van der Waals surface area contributed by atoms with E-state index in [1.807, 2.05) is 0 Å². The number of amides is 2. The van der Waals surface area contributed by atoms with E-state index in [2.05, 4.69) is 40.3 Å². The van der Waals surface area contributed by atoms with Crippen molar-refractivity contribution in [2.45, 2.75) is 36.7 Å². The number of hydrogen-bond acceptors (Lipinski definition) is 11. The topological polar surface area (TPSA) is 241 Å². The maximum Gasteiger partial charge on any atom is 0.302 e. The number of nitrogens with two attached hydrogens (primary N) is 2. The Hall–Kier alpha value is -5.52. The Bertz CT molecular complexity index is 2140. The molecule has 2 aromatic carbocycles. The van der Waals surface area contributed by atoms with E-state index >= 15 is 0 Å². The lowest BCUT2D eigenvalue weighted by Gasteiger charge is -2.38. The molecular weight excluding hydrogens is 686 g/mol. The Morgan fingerprint density at radius 3 is 2.46 bits per heavy atom. The summed E-state index contributed by atoms with van der Waals surface area (Å²) >= 11 is 5.89. The van der Waals surface area contributed by atoms with E-state index in [1.165, 1.54) is 36.7 Å². The van der Waals surface area contributed by atoms with Crippen molar-refractivity contribution < 1.29 is 22.8 Å². The number of likely N-dealkylation sites (tertiary alicyclic amines) is 1. The van der Waals surface area contributed by atoms with Crippen LogP contribution in [0.25, 0.3) is 0 Å². The van der Waals surface area contributed by atoms with Crippen molar-refractivity contribution >= 4 is 56.8 Å². The molecule has 4 heterocycles. The quantitative estimate of drug-likeness (QED) is 0.162. The first kappa shape index (κ1) is 34.3. The molecule has 2 fully saturated rings. The van der Waals surface area contributed by atoms with Gasteiger partial charge in [-0.1, -0.05) is 41.9 Å². The summed E-state index contributed by atoms with van der Waals surface area (Å²) in [5.74, 6) is -1.66. The van der Waals surface area contributed by atoms with Crippen LogP contribution in [0.2, 0.25) is 5.15 Å². The highest BCUT2D eigenvalue weighted by atomic mass is 35.5. The predicted octanol–water partition coefficient (Wildman–Crippen LogP) is 1.47. The van der Waals surface area contributed by atoms with E-state index in [4.69, 9.17) is 23.1 Å². The number of carbonyl (C=O) groups is 3. The molecule has 0 saturated carbocycles. The minimum atomic E-state index is -4.00. The highest BCUT2D eigenvalue weighted by Crippen LogP contribution is 2.27. The molecule has 18 heteroatoms. The number of anilines is 2. The van der Waals surface area contributed by atoms with Crippen LogP contribution in [0.1, 0.15) is 61.0 Å². The smallest absolute Gasteiger partial charge is 0.302 e. The molecular formula is C32H32ClN11O5S. The van der Waals surface area contributed by atoms with Crippen LogP contribution in [-0.4, -0.2) is 82.0 Å². The van der Waals surface area contributed by atoms with Gasteiger partial charge in [-0.25, -0.2) is 23.1 Å². The number of piperidine rings is 1. The minimum absolute atomic E-state index is 0.0800. The van der Waals surface area contributed by atoms with E-state index < -0.39 is 27.3 Å². The van der Waals surface area contributed by atoms with Crippen LogP contribution in [0.4, 0.5) is 11.6 Å². The van der Waals surface area contributed by atoms with Crippen LogP contribution in [-0.2, 0) is 16.6 Å². The number of aliphatic imine (C=N–C) groups is 1. The summed E-state index contributed by atoms with van der Waals surface area (Å²) in [4.78, 5) is 61.8. The van der Waals surface area contributed by atoms with Crippen LogP contribution < -0.4 is 26.8 Å². The lowest BCUT2D eigenvalue weighted by Crippen LogP contribution is -2.53. The number of sulfonamides is 1. The maximum absolute atomic E-state index is 13.8. The number of carbonyl (C=O) groups excluding carboxylic acids is 3. The summed E-state index contributed by atoms with van der Waals surface area (Å²) in [6, 6.07) is 12.1. The van der Waals surface area contributed by atoms with Crippen LogP contribution in [0, 0.1) is 6.92 Å². The normalized spacial score (nSPS) is 16.2. The van der Waals surface area contributed by atoms with E-state index in [9.17, 15) is 22.8 Å². The zero-order chi connectivity index (χ0) is 35.6. The van der Waals surface area contributed by atoms with Gasteiger partial charge in [0.15, 0.2) is 34.2 Å². The first-order chi connectivity index (χ1) is 23.8. The summed E-state index contributed by atoms with van der Waals surface area (Å²) < 4.78 is 28.6. The van der Waals surface area contributed by atoms with Crippen LogP contribution >= 0.6 is 11.6 Å². The number of ketones is 1. The molecule has 0 aliphatic carbocycles. The second kappa shape index (κ2) is 13.8. The standard InChI is InChI=1S/C32H32ClN11O5S/c1-18-14-37-20(15-36-18)16-39-50(48,49)21-6-4-5-19(13-21)25(45)22-7-2-3-8-23(22)30(47)44-11-9-32(10-12-44)17-38-31(43-32)42-29(46)24-27(34)41-28(35)26(33)40-24/h2-8,13-15,39H,9-12,16-17H2,1H3,(H4,34,35,41)(H2,38,42,43,46). The van der Waals surface area contributed by atoms with Gasteiger partial charge in [-0.3, -0.25) is 24.4 Å². The average molecular weight is 718 g/mol. The SMILES string of the molecule is Cc1cnc(CNS(=O)(=O)c2cccc(C(=O)c3ccccc3C(=O)N3CCC4(CC3)CN/C(=N\C(=O)c3nc(Cl)c(N)nc3N)N4)c2)cn1. The molecule has 0 unspecified atom stereocenters. The molecule has 7 N–H and O–H groups in total. The number of aryl methyl sites for hydroxylation is 1. The summed E-state index contributed by atoms with van der Waals surface area (Å²) in [7, 11) is -4.00. The van der Waals surface area contributed by atoms with Crippen molar-refractivity contribution in [2.75, 3.05) is 31.1 Å². The third-order valence-electron chi connectivity index (χ3n) is 8.39. The molecule has 2 aromatic heterocycles. The molecule has 2 amide bonds. The van der Waals surface area contributed by atoms with E-state index in [-0.39, 0.29) is 62.5 Å². The summed E-state index contributed by atoms with van der Waals surface area (Å²) in [5.41, 5.74) is 12.3. The molecule has 0 atom stereocenters. The second-order valence-electron chi connectivity index (χ2n) is 11.8. The second-order valence-corrected chi connectivity index (χ2v) is 14.0. The average Bonchev–Trinajstić information content (AvgIpc) is 3.50. The number of benzene rings is 2. The fourth-order valence-electron chi connectivity index (χ4n) is 5.61. The van der Waals surface area contributed by atoms with Gasteiger partial charge in [0, 0.05) is 37.0 Å². The van der Waals surface area contributed by atoms with Gasteiger partial charge in [0.1, 0.15) is 0 Å². The molecule has 50 heavy (non-hydrogen) atoms. The van der Waals surface area contributed by atoms with Crippen LogP contribution in [0.3, 0.4) is 0 Å². The van der Waals surface area contributed by atoms with Gasteiger partial charge >= 0.3 is 5.91 Å². The number of nitrogen functional groups attached to an aromatic ring is 2. The predicted molar refractivity (Wildman–Crippen MR) is 184 cm³/mol. The maximum atomic E-state index is 13.8. The van der Waals surface area contributed by atoms with Gasteiger partial charge < -0.3 is 27.0 Å². The Balaban J connectivity index is 1.12. The third-order valence-corrected chi connectivity index (χ3v) is 10.1. The van der Waals surface area contributed by atoms with Gasteiger partial charge in [-0.2, -0.15) is 4.99 Å². The number of nitrogens with zero attached hydrogens (tertiary/aromatic N) is 6. The number of nitrogens with one attached hydrogen (secondary N) is 3. The fourth-order valence-corrected chi connectivity index (χ4v) is 6.79. The van der Waals surface area contributed by atoms with Crippen molar-refractivity contribution in [1.29, 1.82) is 0 Å². The van der Waals surface area contributed by atoms with Crippen molar-refractivity contribution in [3.8, 4) is 0 Å². The van der Waals surface area contributed by atoms with Gasteiger partial charge in [-0.15, -0.1) is 0 Å². The van der Waals surface area contributed by atoms with E-state index in [0.717, 1.165) is 0 Å². The molecule has 2 aliphatic rings. The van der Waals surface area contributed by atoms with Crippen LogP contribution in [0.5, 0.6) is 0 Å². The number of halogens is 1. The monoisotopic (exact) mass is 717 g/mol. The first-order valence-electron chi connectivity index (χ1n) is 15.4. The zero-order valence-electron chi connectivity index (χ0n) is 26.7. The highest BCUT2D eigenvalue weighted by molar-refractivity contribution is 7.89. The van der Waals surface area contributed by atoms with Gasteiger partial charge in [0.2, 0.25) is 10.0 Å². The van der Waals surface area contributed by atoms with E-state index in [0.29, 0.717) is 43.9 Å². The number of hydrogen-bond donors (Lipinski definition) is 5. The summed E-state index contributed by atoms with van der Waals surface area (Å²) in [5, 5.41) is 6.18. The molecule has 258 valence electrons. The summed E-state index contributed by atoms with van der Waals surface area (Å²) in [6.45, 7) is 2.86. The zero-order valence-corrected chi connectivity index (χ0v) is 28.3. The number of aromatic nitrogens is 4. The molecule has 16 nitrogen and oxygen atoms in total. The highest BCUT2D eigenvalue weighted by Gasteiger charge is 2.41. The molecule has 0 radical (unpaired) electrons. The minimum Gasteiger partial charge on any atom is -0.382 e. The fraction of sp³-hybridized carbons (Fsp3) is 0.250.